The van der Waals surface area contributed by atoms with Crippen molar-refractivity contribution in [1.29, 1.82) is 0 Å². The summed E-state index contributed by atoms with van der Waals surface area (Å²) in [5.41, 5.74) is 0. The van der Waals surface area contributed by atoms with E-state index in [2.05, 4.69) is 4.74 Å². The average molecular weight is 223 g/mol. The number of hydrogen-bond donors (Lipinski definition) is 0. The van der Waals surface area contributed by atoms with Crippen molar-refractivity contribution in [2.24, 2.45) is 0 Å². The predicted molar refractivity (Wildman–Crippen MR) is 41.1 cm³/mol. The van der Waals surface area contributed by atoms with Crippen LogP contribution in [0.25, 0.3) is 0 Å². The summed E-state index contributed by atoms with van der Waals surface area (Å²) in [6.07, 6.45) is -2.38. The Bertz CT molecular complexity index is 205. The minimum atomic E-state index is -3.52. The average Bonchev–Trinajstić information content (AvgIpc) is 1.83. The number of rotatable bonds is 6. The van der Waals surface area contributed by atoms with Crippen LogP contribution in [-0.2, 0) is 13.8 Å². The molecule has 0 aliphatic heterocycles. The first-order valence-electron chi connectivity index (χ1n) is 3.20. The van der Waals surface area contributed by atoms with Crippen molar-refractivity contribution in [1.82, 2.24) is 0 Å². The van der Waals surface area contributed by atoms with E-state index >= 15 is 0 Å². The molecule has 0 aromatic carbocycles. The van der Waals surface area contributed by atoms with E-state index in [0.717, 1.165) is 0 Å². The van der Waals surface area contributed by atoms with Gasteiger partial charge in [-0.15, -0.1) is 0 Å². The molecular weight excluding hydrogens is 214 g/mol. The zero-order valence-electron chi connectivity index (χ0n) is 6.17. The number of ether oxygens (including phenoxy) is 1. The van der Waals surface area contributed by atoms with E-state index < -0.39 is 22.1 Å². The van der Waals surface area contributed by atoms with Crippen LogP contribution in [0.3, 0.4) is 0 Å². The maximum Gasteiger partial charge on any atom is 0.261 e. The van der Waals surface area contributed by atoms with Gasteiger partial charge in [-0.3, -0.25) is 0 Å². The zero-order chi connectivity index (χ0) is 9.61. The molecule has 0 fully saturated rings. The molecule has 0 saturated heterocycles. The molecule has 0 saturated carbocycles. The molecule has 74 valence electrons. The molecule has 0 aromatic heterocycles. The first-order chi connectivity index (χ1) is 5.42. The molecule has 0 unspecified atom stereocenters. The Morgan fingerprint density at radius 2 is 2.00 bits per heavy atom. The first-order valence-corrected chi connectivity index (χ1v) is 5.68. The fraction of sp³-hybridized carbons (Fsp3) is 1.00. The molecule has 0 radical (unpaired) electrons. The minimum absolute atomic E-state index is 0.0176. The van der Waals surface area contributed by atoms with Gasteiger partial charge in [-0.05, 0) is 6.42 Å². The van der Waals surface area contributed by atoms with E-state index in [9.17, 15) is 17.2 Å². The molecule has 0 bridgehead atoms. The quantitative estimate of drug-likeness (QED) is 0.502. The smallest absolute Gasteiger partial charge is 0.261 e. The largest absolute Gasteiger partial charge is 0.375 e. The Hall–Kier alpha value is 0.0600. The summed E-state index contributed by atoms with van der Waals surface area (Å²) < 4.78 is 47.9. The lowest BCUT2D eigenvalue weighted by Gasteiger charge is -2.00. The van der Waals surface area contributed by atoms with Gasteiger partial charge >= 0.3 is 0 Å². The van der Waals surface area contributed by atoms with Crippen molar-refractivity contribution in [3.8, 4) is 0 Å². The van der Waals surface area contributed by atoms with E-state index in [1.165, 1.54) is 0 Å². The Morgan fingerprint density at radius 1 is 1.42 bits per heavy atom. The molecule has 0 N–H and O–H groups in total. The molecule has 0 aliphatic rings. The van der Waals surface area contributed by atoms with Crippen LogP contribution < -0.4 is 0 Å². The summed E-state index contributed by atoms with van der Waals surface area (Å²) >= 11 is 0. The van der Waals surface area contributed by atoms with Crippen molar-refractivity contribution in [3.63, 3.8) is 0 Å². The highest BCUT2D eigenvalue weighted by Gasteiger charge is 2.05. The van der Waals surface area contributed by atoms with Crippen LogP contribution in [0.15, 0.2) is 0 Å². The van der Waals surface area contributed by atoms with Crippen LogP contribution in [0.2, 0.25) is 0 Å². The minimum Gasteiger partial charge on any atom is -0.375 e. The fourth-order valence-corrected chi connectivity index (χ4v) is 1.30. The van der Waals surface area contributed by atoms with Crippen LogP contribution in [0.5, 0.6) is 0 Å². The lowest BCUT2D eigenvalue weighted by Crippen LogP contribution is -2.08. The third kappa shape index (κ3) is 10.1. The van der Waals surface area contributed by atoms with Crippen molar-refractivity contribution >= 4 is 19.7 Å². The van der Waals surface area contributed by atoms with Crippen molar-refractivity contribution in [2.45, 2.75) is 12.8 Å². The van der Waals surface area contributed by atoms with Crippen LogP contribution in [-0.4, -0.2) is 33.8 Å². The molecule has 0 aliphatic carbocycles. The topological polar surface area (TPSA) is 43.4 Å². The van der Waals surface area contributed by atoms with E-state index in [-0.39, 0.29) is 18.8 Å². The molecule has 0 spiro atoms. The van der Waals surface area contributed by atoms with E-state index in [1.54, 1.807) is 0 Å². The maximum absolute atomic E-state index is 11.4. The summed E-state index contributed by atoms with van der Waals surface area (Å²) in [7, 11) is 1.32. The summed E-state index contributed by atoms with van der Waals surface area (Å²) in [6.45, 7) is -0.682. The van der Waals surface area contributed by atoms with E-state index in [4.69, 9.17) is 10.7 Å². The number of halogens is 3. The second-order valence-corrected chi connectivity index (χ2v) is 4.96. The summed E-state index contributed by atoms with van der Waals surface area (Å²) in [5.74, 6) is -0.252. The highest BCUT2D eigenvalue weighted by atomic mass is 35.7. The number of alkyl halides is 2. The van der Waals surface area contributed by atoms with Gasteiger partial charge in [0.15, 0.2) is 0 Å². The first kappa shape index (κ1) is 12.1. The standard InChI is InChI=1S/C5H9ClF2O3S/c6-12(9,10)3-1-2-11-4-5(7)8/h5H,1-4H2. The molecule has 0 atom stereocenters. The summed E-state index contributed by atoms with van der Waals surface area (Å²) in [4.78, 5) is 0. The predicted octanol–water partition coefficient (Wildman–Crippen LogP) is 1.23. The van der Waals surface area contributed by atoms with Crippen molar-refractivity contribution in [2.75, 3.05) is 19.0 Å². The van der Waals surface area contributed by atoms with Gasteiger partial charge in [-0.2, -0.15) is 0 Å². The van der Waals surface area contributed by atoms with E-state index in [1.807, 2.05) is 0 Å². The van der Waals surface area contributed by atoms with E-state index in [0.29, 0.717) is 0 Å². The van der Waals surface area contributed by atoms with Gasteiger partial charge in [0.25, 0.3) is 6.43 Å². The van der Waals surface area contributed by atoms with Crippen molar-refractivity contribution in [3.05, 3.63) is 0 Å². The van der Waals surface area contributed by atoms with Gasteiger partial charge in [0, 0.05) is 17.3 Å². The van der Waals surface area contributed by atoms with Crippen LogP contribution in [0.1, 0.15) is 6.42 Å². The molecular formula is C5H9ClF2O3S. The highest BCUT2D eigenvalue weighted by molar-refractivity contribution is 8.13. The van der Waals surface area contributed by atoms with Crippen LogP contribution >= 0.6 is 10.7 Å². The van der Waals surface area contributed by atoms with Gasteiger partial charge in [0.05, 0.1) is 5.75 Å². The molecule has 7 heteroatoms. The maximum atomic E-state index is 11.4. The molecule has 0 rings (SSSR count). The van der Waals surface area contributed by atoms with Gasteiger partial charge in [0.1, 0.15) is 6.61 Å². The number of hydrogen-bond acceptors (Lipinski definition) is 3. The van der Waals surface area contributed by atoms with Crippen LogP contribution in [0.4, 0.5) is 8.78 Å². The lowest BCUT2D eigenvalue weighted by atomic mass is 10.5. The summed E-state index contributed by atoms with van der Waals surface area (Å²) in [5, 5.41) is 0. The van der Waals surface area contributed by atoms with Crippen LogP contribution in [0, 0.1) is 0 Å². The second kappa shape index (κ2) is 5.66. The third-order valence-corrected chi connectivity index (χ3v) is 2.16. The Labute approximate surface area is 74.1 Å². The second-order valence-electron chi connectivity index (χ2n) is 2.06. The zero-order valence-corrected chi connectivity index (χ0v) is 7.75. The normalized spacial score (nSPS) is 12.3. The van der Waals surface area contributed by atoms with Gasteiger partial charge < -0.3 is 4.74 Å². The molecule has 12 heavy (non-hydrogen) atoms. The van der Waals surface area contributed by atoms with Crippen molar-refractivity contribution < 1.29 is 21.9 Å². The third-order valence-electron chi connectivity index (χ3n) is 0.921. The Morgan fingerprint density at radius 3 is 2.42 bits per heavy atom. The molecule has 0 amide bonds. The molecule has 3 nitrogen and oxygen atoms in total. The monoisotopic (exact) mass is 222 g/mol. The Balaban J connectivity index is 3.23. The van der Waals surface area contributed by atoms with Gasteiger partial charge in [-0.1, -0.05) is 0 Å². The highest BCUT2D eigenvalue weighted by Crippen LogP contribution is 1.99. The SMILES string of the molecule is O=S(=O)(Cl)CCCOCC(F)F. The molecule has 0 aromatic rings. The molecule has 0 heterocycles. The lowest BCUT2D eigenvalue weighted by molar-refractivity contribution is 0.0180. The summed E-state index contributed by atoms with van der Waals surface area (Å²) in [6, 6.07) is 0. The van der Waals surface area contributed by atoms with Gasteiger partial charge in [-0.25, -0.2) is 17.2 Å². The Kier molecular flexibility index (Phi) is 5.69. The fourth-order valence-electron chi connectivity index (χ4n) is 0.506. The van der Waals surface area contributed by atoms with Gasteiger partial charge in [0.2, 0.25) is 9.05 Å².